The Bertz CT molecular complexity index is 326. The monoisotopic (exact) mass is 217 g/mol. The Labute approximate surface area is 82.3 Å². The first-order valence-electron chi connectivity index (χ1n) is 3.53. The van der Waals surface area contributed by atoms with Crippen molar-refractivity contribution in [2.75, 3.05) is 5.32 Å². The summed E-state index contributed by atoms with van der Waals surface area (Å²) in [6.45, 7) is 0. The number of nitrogens with zero attached hydrogens (tertiary/aromatic N) is 3. The largest absolute Gasteiger partial charge is 0.481 e. The number of carboxylic acids is 1. The zero-order valence-corrected chi connectivity index (χ0v) is 7.69. The van der Waals surface area contributed by atoms with Crippen molar-refractivity contribution in [2.45, 2.75) is 12.5 Å². The molecule has 1 heterocycles. The summed E-state index contributed by atoms with van der Waals surface area (Å²) in [5, 5.41) is 17.5. The van der Waals surface area contributed by atoms with Gasteiger partial charge in [-0.3, -0.25) is 14.9 Å². The van der Waals surface area contributed by atoms with Gasteiger partial charge in [-0.1, -0.05) is 9.59 Å². The number of amides is 1. The summed E-state index contributed by atoms with van der Waals surface area (Å²) in [7, 11) is 0. The summed E-state index contributed by atoms with van der Waals surface area (Å²) in [6, 6.07) is -1.10. The summed E-state index contributed by atoms with van der Waals surface area (Å²) in [4.78, 5) is 21.4. The van der Waals surface area contributed by atoms with Crippen molar-refractivity contribution >= 4 is 28.5 Å². The van der Waals surface area contributed by atoms with Crippen LogP contribution in [0.5, 0.6) is 0 Å². The quantitative estimate of drug-likeness (QED) is 0.569. The number of nitrogens with one attached hydrogen (secondary N) is 1. The number of carboxylic acid groups (broad SMARTS) is 1. The molecule has 0 aromatic carbocycles. The molecule has 0 saturated heterocycles. The molecule has 1 aromatic rings. The van der Waals surface area contributed by atoms with Gasteiger partial charge in [0.05, 0.1) is 12.5 Å². The number of hydrogen-bond donors (Lipinski definition) is 3. The van der Waals surface area contributed by atoms with Crippen LogP contribution in [-0.4, -0.2) is 37.8 Å². The highest BCUT2D eigenvalue weighted by molar-refractivity contribution is 7.09. The molecule has 14 heavy (non-hydrogen) atoms. The number of rotatable bonds is 4. The molecule has 1 aromatic heterocycles. The van der Waals surface area contributed by atoms with E-state index in [2.05, 4.69) is 20.1 Å². The van der Waals surface area contributed by atoms with E-state index in [1.165, 1.54) is 0 Å². The van der Waals surface area contributed by atoms with Crippen LogP contribution in [0.3, 0.4) is 0 Å². The van der Waals surface area contributed by atoms with E-state index in [4.69, 9.17) is 10.8 Å². The Morgan fingerprint density at radius 3 is 2.86 bits per heavy atom. The minimum absolute atomic E-state index is 0.191. The molecular weight excluding hydrogens is 210 g/mol. The molecule has 0 fully saturated rings. The van der Waals surface area contributed by atoms with Gasteiger partial charge in [0.15, 0.2) is 0 Å². The maximum atomic E-state index is 11.2. The molecule has 1 unspecified atom stereocenters. The molecule has 9 heteroatoms. The molecule has 0 aliphatic rings. The highest BCUT2D eigenvalue weighted by Crippen LogP contribution is 2.05. The molecule has 0 aliphatic heterocycles. The summed E-state index contributed by atoms with van der Waals surface area (Å²) < 4.78 is 3.40. The van der Waals surface area contributed by atoms with Gasteiger partial charge in [0.25, 0.3) is 0 Å². The maximum absolute atomic E-state index is 11.2. The second-order valence-electron chi connectivity index (χ2n) is 2.36. The zero-order valence-electron chi connectivity index (χ0n) is 6.88. The average Bonchev–Trinajstić information content (AvgIpc) is 2.55. The molecule has 8 nitrogen and oxygen atoms in total. The molecule has 0 saturated carbocycles. The Morgan fingerprint density at radius 2 is 2.36 bits per heavy atom. The lowest BCUT2D eigenvalue weighted by Gasteiger charge is -2.06. The standard InChI is InChI=1S/C5H7N5O3S/c6-2(1-3(11)12)4(13)7-5-8-9-10-14-5/h2H,1,6H2,(H,11,12)(H,7,8,10,13). The minimum atomic E-state index is -1.14. The topological polar surface area (TPSA) is 131 Å². The molecule has 0 spiro atoms. The van der Waals surface area contributed by atoms with E-state index in [0.717, 1.165) is 11.5 Å². The fraction of sp³-hybridized carbons (Fsp3) is 0.400. The number of carbonyl (C=O) groups excluding carboxylic acids is 1. The number of anilines is 1. The Hall–Kier alpha value is -1.61. The first-order chi connectivity index (χ1) is 6.59. The Balaban J connectivity index is 2.46. The number of aliphatic carboxylic acids is 1. The van der Waals surface area contributed by atoms with Crippen molar-refractivity contribution in [3.8, 4) is 0 Å². The van der Waals surface area contributed by atoms with Gasteiger partial charge in [-0.2, -0.15) is 0 Å². The number of carbonyl (C=O) groups is 2. The van der Waals surface area contributed by atoms with Gasteiger partial charge in [0.1, 0.15) is 0 Å². The Morgan fingerprint density at radius 1 is 1.64 bits per heavy atom. The fourth-order valence-corrected chi connectivity index (χ4v) is 1.03. The van der Waals surface area contributed by atoms with E-state index in [-0.39, 0.29) is 5.13 Å². The van der Waals surface area contributed by atoms with Crippen LogP contribution in [0, 0.1) is 0 Å². The van der Waals surface area contributed by atoms with Crippen molar-refractivity contribution in [1.29, 1.82) is 0 Å². The molecule has 1 rings (SSSR count). The number of hydrogen-bond acceptors (Lipinski definition) is 7. The third-order valence-corrected chi connectivity index (χ3v) is 1.77. The number of aromatic nitrogens is 3. The highest BCUT2D eigenvalue weighted by Gasteiger charge is 2.17. The van der Waals surface area contributed by atoms with Crippen molar-refractivity contribution in [1.82, 2.24) is 14.8 Å². The lowest BCUT2D eigenvalue weighted by Crippen LogP contribution is -2.37. The van der Waals surface area contributed by atoms with Gasteiger partial charge < -0.3 is 10.8 Å². The zero-order chi connectivity index (χ0) is 10.6. The van der Waals surface area contributed by atoms with Gasteiger partial charge >= 0.3 is 5.97 Å². The van der Waals surface area contributed by atoms with Crippen LogP contribution in [0.4, 0.5) is 5.13 Å². The van der Waals surface area contributed by atoms with E-state index < -0.39 is 24.3 Å². The summed E-state index contributed by atoms with van der Waals surface area (Å²) in [6.07, 6.45) is -0.432. The summed E-state index contributed by atoms with van der Waals surface area (Å²) >= 11 is 0.880. The lowest BCUT2D eigenvalue weighted by molar-refractivity contribution is -0.138. The fourth-order valence-electron chi connectivity index (χ4n) is 0.661. The minimum Gasteiger partial charge on any atom is -0.481 e. The third-order valence-electron chi connectivity index (χ3n) is 1.26. The van der Waals surface area contributed by atoms with Crippen LogP contribution in [0.25, 0.3) is 0 Å². The van der Waals surface area contributed by atoms with Gasteiger partial charge in [-0.05, 0) is 5.21 Å². The molecule has 0 bridgehead atoms. The van der Waals surface area contributed by atoms with Crippen molar-refractivity contribution in [3.05, 3.63) is 0 Å². The van der Waals surface area contributed by atoms with Crippen molar-refractivity contribution in [2.24, 2.45) is 5.73 Å². The first-order valence-corrected chi connectivity index (χ1v) is 4.30. The predicted molar refractivity (Wildman–Crippen MR) is 46.6 cm³/mol. The summed E-state index contributed by atoms with van der Waals surface area (Å²) in [5.74, 6) is -1.76. The highest BCUT2D eigenvalue weighted by atomic mass is 32.1. The van der Waals surface area contributed by atoms with Gasteiger partial charge in [0, 0.05) is 11.5 Å². The van der Waals surface area contributed by atoms with Gasteiger partial charge in [0.2, 0.25) is 11.0 Å². The second kappa shape index (κ2) is 4.58. The smallest absolute Gasteiger partial charge is 0.305 e. The van der Waals surface area contributed by atoms with Gasteiger partial charge in [-0.25, -0.2) is 0 Å². The maximum Gasteiger partial charge on any atom is 0.305 e. The average molecular weight is 217 g/mol. The van der Waals surface area contributed by atoms with E-state index in [1.54, 1.807) is 0 Å². The molecule has 1 amide bonds. The lowest BCUT2D eigenvalue weighted by atomic mass is 10.2. The Kier molecular flexibility index (Phi) is 3.42. The van der Waals surface area contributed by atoms with Crippen molar-refractivity contribution < 1.29 is 14.7 Å². The first kappa shape index (κ1) is 10.5. The van der Waals surface area contributed by atoms with Crippen LogP contribution in [0.1, 0.15) is 6.42 Å². The predicted octanol–water partition coefficient (Wildman–Crippen LogP) is -1.33. The van der Waals surface area contributed by atoms with E-state index in [9.17, 15) is 9.59 Å². The van der Waals surface area contributed by atoms with E-state index in [1.807, 2.05) is 0 Å². The van der Waals surface area contributed by atoms with E-state index >= 15 is 0 Å². The van der Waals surface area contributed by atoms with Crippen LogP contribution in [-0.2, 0) is 9.59 Å². The van der Waals surface area contributed by atoms with Crippen LogP contribution in [0.15, 0.2) is 0 Å². The normalized spacial score (nSPS) is 12.1. The SMILES string of the molecule is NC(CC(=O)O)C(=O)Nc1nnns1. The van der Waals surface area contributed by atoms with Crippen LogP contribution in [0.2, 0.25) is 0 Å². The second-order valence-corrected chi connectivity index (χ2v) is 3.09. The summed E-state index contributed by atoms with van der Waals surface area (Å²) in [5.41, 5.74) is 5.28. The van der Waals surface area contributed by atoms with Crippen molar-refractivity contribution in [3.63, 3.8) is 0 Å². The third kappa shape index (κ3) is 3.03. The molecule has 0 aliphatic carbocycles. The van der Waals surface area contributed by atoms with E-state index in [0.29, 0.717) is 0 Å². The molecule has 4 N–H and O–H groups in total. The molecule has 76 valence electrons. The number of nitrogens with two attached hydrogens (primary N) is 1. The van der Waals surface area contributed by atoms with Gasteiger partial charge in [-0.15, -0.1) is 0 Å². The van der Waals surface area contributed by atoms with Crippen LogP contribution >= 0.6 is 11.5 Å². The molecule has 1 atom stereocenters. The molecule has 0 radical (unpaired) electrons. The van der Waals surface area contributed by atoms with Crippen LogP contribution < -0.4 is 11.1 Å². The molecular formula is C5H7N5O3S.